The highest BCUT2D eigenvalue weighted by molar-refractivity contribution is 5.98. The number of amides is 2. The predicted molar refractivity (Wildman–Crippen MR) is 104 cm³/mol. The van der Waals surface area contributed by atoms with Gasteiger partial charge in [-0.05, 0) is 25.5 Å². The summed E-state index contributed by atoms with van der Waals surface area (Å²) in [7, 11) is 0. The largest absolute Gasteiger partial charge is 0.480 e. The number of non-ortho nitro benzene ring substituents is 1. The van der Waals surface area contributed by atoms with Crippen molar-refractivity contribution in [1.29, 1.82) is 0 Å². The number of carbonyl (C=O) groups is 3. The molecule has 152 valence electrons. The molecule has 0 fully saturated rings. The summed E-state index contributed by atoms with van der Waals surface area (Å²) in [6, 6.07) is 11.9. The van der Waals surface area contributed by atoms with Crippen LogP contribution in [0.5, 0.6) is 0 Å². The van der Waals surface area contributed by atoms with Gasteiger partial charge in [0, 0.05) is 24.2 Å². The Balaban J connectivity index is 2.17. The SMILES string of the molecule is CC(NC(=O)c1cccc([N+](=O)[O-])c1)C(=O)N(Cc1ccccc1)C(C)C(=O)O. The highest BCUT2D eigenvalue weighted by Crippen LogP contribution is 2.14. The van der Waals surface area contributed by atoms with Gasteiger partial charge in [0.1, 0.15) is 12.1 Å². The molecular formula is C20H21N3O6. The fourth-order valence-corrected chi connectivity index (χ4v) is 2.67. The fourth-order valence-electron chi connectivity index (χ4n) is 2.67. The van der Waals surface area contributed by atoms with E-state index in [1.54, 1.807) is 30.3 Å². The minimum absolute atomic E-state index is 0.0275. The first-order valence-electron chi connectivity index (χ1n) is 8.83. The molecule has 9 nitrogen and oxygen atoms in total. The van der Waals surface area contributed by atoms with Gasteiger partial charge in [-0.3, -0.25) is 19.7 Å². The molecule has 2 atom stereocenters. The molecule has 29 heavy (non-hydrogen) atoms. The topological polar surface area (TPSA) is 130 Å². The molecule has 2 amide bonds. The van der Waals surface area contributed by atoms with Gasteiger partial charge in [-0.25, -0.2) is 4.79 Å². The maximum atomic E-state index is 12.9. The molecule has 2 N–H and O–H groups in total. The number of carbonyl (C=O) groups excluding carboxylic acids is 2. The molecule has 0 radical (unpaired) electrons. The second kappa shape index (κ2) is 9.45. The van der Waals surface area contributed by atoms with Gasteiger partial charge in [0.05, 0.1) is 4.92 Å². The Bertz CT molecular complexity index is 915. The van der Waals surface area contributed by atoms with E-state index in [9.17, 15) is 29.6 Å². The van der Waals surface area contributed by atoms with E-state index in [1.165, 1.54) is 32.0 Å². The van der Waals surface area contributed by atoms with E-state index in [0.29, 0.717) is 0 Å². The van der Waals surface area contributed by atoms with Crippen molar-refractivity contribution < 1.29 is 24.4 Å². The van der Waals surface area contributed by atoms with E-state index >= 15 is 0 Å². The monoisotopic (exact) mass is 399 g/mol. The van der Waals surface area contributed by atoms with E-state index in [1.807, 2.05) is 0 Å². The van der Waals surface area contributed by atoms with Crippen molar-refractivity contribution in [2.24, 2.45) is 0 Å². The van der Waals surface area contributed by atoms with E-state index in [2.05, 4.69) is 5.32 Å². The summed E-state index contributed by atoms with van der Waals surface area (Å²) in [6.07, 6.45) is 0. The molecule has 0 saturated heterocycles. The molecule has 0 saturated carbocycles. The van der Waals surface area contributed by atoms with Crippen molar-refractivity contribution in [2.75, 3.05) is 0 Å². The van der Waals surface area contributed by atoms with Crippen molar-refractivity contribution in [3.05, 3.63) is 75.8 Å². The zero-order chi connectivity index (χ0) is 21.6. The molecule has 0 spiro atoms. The van der Waals surface area contributed by atoms with Crippen LogP contribution in [0.25, 0.3) is 0 Å². The Hall–Kier alpha value is -3.75. The third-order valence-electron chi connectivity index (χ3n) is 4.34. The van der Waals surface area contributed by atoms with Gasteiger partial charge < -0.3 is 15.3 Å². The molecule has 2 aromatic rings. The second-order valence-corrected chi connectivity index (χ2v) is 6.47. The van der Waals surface area contributed by atoms with Gasteiger partial charge in [-0.15, -0.1) is 0 Å². The summed E-state index contributed by atoms with van der Waals surface area (Å²) in [5.41, 5.74) is 0.521. The molecule has 2 unspecified atom stereocenters. The smallest absolute Gasteiger partial charge is 0.326 e. The van der Waals surface area contributed by atoms with E-state index in [-0.39, 0.29) is 17.8 Å². The summed E-state index contributed by atoms with van der Waals surface area (Å²) < 4.78 is 0. The van der Waals surface area contributed by atoms with Crippen molar-refractivity contribution in [3.8, 4) is 0 Å². The third-order valence-corrected chi connectivity index (χ3v) is 4.34. The number of carboxylic acids is 1. The minimum Gasteiger partial charge on any atom is -0.480 e. The Morgan fingerprint density at radius 3 is 2.34 bits per heavy atom. The molecule has 0 aliphatic rings. The maximum absolute atomic E-state index is 12.9. The molecular weight excluding hydrogens is 378 g/mol. The molecule has 2 aromatic carbocycles. The zero-order valence-electron chi connectivity index (χ0n) is 15.9. The van der Waals surface area contributed by atoms with Crippen LogP contribution in [0.4, 0.5) is 5.69 Å². The van der Waals surface area contributed by atoms with E-state index < -0.39 is 34.8 Å². The number of hydrogen-bond donors (Lipinski definition) is 2. The van der Waals surface area contributed by atoms with Gasteiger partial charge in [-0.1, -0.05) is 36.4 Å². The molecule has 0 heterocycles. The lowest BCUT2D eigenvalue weighted by molar-refractivity contribution is -0.384. The predicted octanol–water partition coefficient (Wildman–Crippen LogP) is 2.21. The van der Waals surface area contributed by atoms with Crippen molar-refractivity contribution in [3.63, 3.8) is 0 Å². The highest BCUT2D eigenvalue weighted by atomic mass is 16.6. The molecule has 0 aliphatic heterocycles. The van der Waals surface area contributed by atoms with Gasteiger partial charge in [0.25, 0.3) is 11.6 Å². The number of rotatable bonds is 8. The van der Waals surface area contributed by atoms with Crippen LogP contribution in [0.3, 0.4) is 0 Å². The average molecular weight is 399 g/mol. The van der Waals surface area contributed by atoms with Crippen molar-refractivity contribution in [1.82, 2.24) is 10.2 Å². The zero-order valence-corrected chi connectivity index (χ0v) is 15.9. The summed E-state index contributed by atoms with van der Waals surface area (Å²) in [5, 5.41) is 22.7. The van der Waals surface area contributed by atoms with Crippen LogP contribution in [0.15, 0.2) is 54.6 Å². The molecule has 0 bridgehead atoms. The number of nitrogens with zero attached hydrogens (tertiary/aromatic N) is 2. The summed E-state index contributed by atoms with van der Waals surface area (Å²) in [5.74, 6) is -2.42. The average Bonchev–Trinajstić information content (AvgIpc) is 2.71. The number of nitro benzene ring substituents is 1. The fraction of sp³-hybridized carbons (Fsp3) is 0.250. The molecule has 9 heteroatoms. The number of benzene rings is 2. The van der Waals surface area contributed by atoms with Crippen LogP contribution in [-0.2, 0) is 16.1 Å². The van der Waals surface area contributed by atoms with Crippen LogP contribution in [-0.4, -0.2) is 44.8 Å². The summed E-state index contributed by atoms with van der Waals surface area (Å²) in [4.78, 5) is 48.1. The first kappa shape index (κ1) is 21.5. The van der Waals surface area contributed by atoms with Crippen molar-refractivity contribution >= 4 is 23.5 Å². The van der Waals surface area contributed by atoms with Crippen LogP contribution >= 0.6 is 0 Å². The number of nitro groups is 1. The van der Waals surface area contributed by atoms with Gasteiger partial charge >= 0.3 is 5.97 Å². The normalized spacial score (nSPS) is 12.5. The number of aliphatic carboxylic acids is 1. The van der Waals surface area contributed by atoms with Gasteiger partial charge in [0.2, 0.25) is 5.91 Å². The molecule has 0 aliphatic carbocycles. The van der Waals surface area contributed by atoms with E-state index in [0.717, 1.165) is 16.5 Å². The lowest BCUT2D eigenvalue weighted by Crippen LogP contribution is -2.51. The Morgan fingerprint density at radius 1 is 1.10 bits per heavy atom. The number of nitrogens with one attached hydrogen (secondary N) is 1. The molecule has 0 aromatic heterocycles. The highest BCUT2D eigenvalue weighted by Gasteiger charge is 2.30. The van der Waals surface area contributed by atoms with Crippen LogP contribution in [0, 0.1) is 10.1 Å². The lowest BCUT2D eigenvalue weighted by atomic mass is 10.1. The quantitative estimate of drug-likeness (QED) is 0.517. The summed E-state index contributed by atoms with van der Waals surface area (Å²) in [6.45, 7) is 2.88. The number of hydrogen-bond acceptors (Lipinski definition) is 5. The van der Waals surface area contributed by atoms with E-state index in [4.69, 9.17) is 0 Å². The first-order valence-corrected chi connectivity index (χ1v) is 8.83. The minimum atomic E-state index is -1.17. The molecule has 2 rings (SSSR count). The summed E-state index contributed by atoms with van der Waals surface area (Å²) >= 11 is 0. The first-order chi connectivity index (χ1) is 13.7. The Labute approximate surface area is 167 Å². The third kappa shape index (κ3) is 5.61. The van der Waals surface area contributed by atoms with Crippen LogP contribution in [0.2, 0.25) is 0 Å². The Morgan fingerprint density at radius 2 is 1.76 bits per heavy atom. The van der Waals surface area contributed by atoms with Gasteiger partial charge in [-0.2, -0.15) is 0 Å². The number of carboxylic acid groups (broad SMARTS) is 1. The standard InChI is InChI=1S/C20H21N3O6/c1-13(21-18(24)16-9-6-10-17(11-16)23(28)29)19(25)22(14(2)20(26)27)12-15-7-4-3-5-8-15/h3-11,13-14H,12H2,1-2H3,(H,21,24)(H,26,27). The Kier molecular flexibility index (Phi) is 7.02. The lowest BCUT2D eigenvalue weighted by Gasteiger charge is -2.29. The second-order valence-electron chi connectivity index (χ2n) is 6.47. The van der Waals surface area contributed by atoms with Crippen LogP contribution < -0.4 is 5.32 Å². The van der Waals surface area contributed by atoms with Crippen LogP contribution in [0.1, 0.15) is 29.8 Å². The van der Waals surface area contributed by atoms with Gasteiger partial charge in [0.15, 0.2) is 0 Å². The maximum Gasteiger partial charge on any atom is 0.326 e. The van der Waals surface area contributed by atoms with Crippen molar-refractivity contribution in [2.45, 2.75) is 32.5 Å².